The van der Waals surface area contributed by atoms with Crippen LogP contribution >= 0.6 is 11.3 Å². The van der Waals surface area contributed by atoms with Crippen molar-refractivity contribution in [3.8, 4) is 0 Å². The van der Waals surface area contributed by atoms with Crippen LogP contribution in [0.2, 0.25) is 0 Å². The van der Waals surface area contributed by atoms with Crippen LogP contribution in [-0.4, -0.2) is 27.5 Å². The molecule has 2 N–H and O–H groups in total. The zero-order chi connectivity index (χ0) is 12.2. The van der Waals surface area contributed by atoms with Gasteiger partial charge in [-0.2, -0.15) is 0 Å². The van der Waals surface area contributed by atoms with Crippen LogP contribution in [-0.2, 0) is 10.0 Å². The number of aryl methyl sites for hydroxylation is 2. The summed E-state index contributed by atoms with van der Waals surface area (Å²) >= 11 is 1.35. The van der Waals surface area contributed by atoms with Crippen LogP contribution in [0.4, 0.5) is 0 Å². The summed E-state index contributed by atoms with van der Waals surface area (Å²) in [5, 5.41) is 3.26. The molecule has 0 bridgehead atoms. The molecule has 3 rings (SSSR count). The minimum Gasteiger partial charge on any atom is -0.316 e. The van der Waals surface area contributed by atoms with Gasteiger partial charge in [-0.3, -0.25) is 0 Å². The number of piperidine rings is 1. The van der Waals surface area contributed by atoms with Gasteiger partial charge in [0.25, 0.3) is 10.0 Å². The zero-order valence-electron chi connectivity index (χ0n) is 9.86. The van der Waals surface area contributed by atoms with Crippen LogP contribution in [0.1, 0.15) is 10.4 Å². The smallest absolute Gasteiger partial charge is 0.250 e. The summed E-state index contributed by atoms with van der Waals surface area (Å²) in [6.45, 7) is 5.68. The summed E-state index contributed by atoms with van der Waals surface area (Å²) in [6.07, 6.45) is 0. The number of nitrogens with one attached hydrogen (secondary N) is 2. The van der Waals surface area contributed by atoms with E-state index in [9.17, 15) is 8.42 Å². The van der Waals surface area contributed by atoms with Crippen molar-refractivity contribution >= 4 is 21.4 Å². The van der Waals surface area contributed by atoms with E-state index in [4.69, 9.17) is 0 Å². The fourth-order valence-electron chi connectivity index (χ4n) is 2.71. The molecule has 1 aliphatic carbocycles. The number of rotatable bonds is 3. The first-order valence-electron chi connectivity index (χ1n) is 5.79. The molecule has 17 heavy (non-hydrogen) atoms. The Balaban J connectivity index is 1.80. The summed E-state index contributed by atoms with van der Waals surface area (Å²) in [5.74, 6) is 1.01. The van der Waals surface area contributed by atoms with E-state index in [-0.39, 0.29) is 6.04 Å². The van der Waals surface area contributed by atoms with Crippen molar-refractivity contribution in [2.75, 3.05) is 13.1 Å². The summed E-state index contributed by atoms with van der Waals surface area (Å²) < 4.78 is 27.8. The van der Waals surface area contributed by atoms with Crippen LogP contribution in [0.3, 0.4) is 0 Å². The van der Waals surface area contributed by atoms with Gasteiger partial charge in [-0.15, -0.1) is 11.3 Å². The van der Waals surface area contributed by atoms with E-state index < -0.39 is 10.0 Å². The Bertz CT molecular complexity index is 540. The Morgan fingerprint density at radius 1 is 1.35 bits per heavy atom. The van der Waals surface area contributed by atoms with Crippen LogP contribution in [0.5, 0.6) is 0 Å². The van der Waals surface area contributed by atoms with Crippen molar-refractivity contribution in [2.24, 2.45) is 11.8 Å². The van der Waals surface area contributed by atoms with E-state index in [1.807, 2.05) is 19.9 Å². The maximum atomic E-state index is 12.2. The molecular formula is C11H16N2O2S2. The first kappa shape index (κ1) is 11.6. The third-order valence-electron chi connectivity index (χ3n) is 3.62. The Hall–Kier alpha value is -0.430. The second-order valence-electron chi connectivity index (χ2n) is 4.96. The molecule has 1 aliphatic heterocycles. The molecule has 2 heterocycles. The highest BCUT2D eigenvalue weighted by Gasteiger charge is 2.54. The van der Waals surface area contributed by atoms with Crippen LogP contribution in [0.25, 0.3) is 0 Å². The Morgan fingerprint density at radius 2 is 2.00 bits per heavy atom. The van der Waals surface area contributed by atoms with E-state index in [1.165, 1.54) is 11.3 Å². The molecule has 2 unspecified atom stereocenters. The quantitative estimate of drug-likeness (QED) is 0.858. The van der Waals surface area contributed by atoms with E-state index >= 15 is 0 Å². The van der Waals surface area contributed by atoms with Crippen molar-refractivity contribution in [3.63, 3.8) is 0 Å². The van der Waals surface area contributed by atoms with Crippen LogP contribution < -0.4 is 10.0 Å². The molecule has 0 radical (unpaired) electrons. The summed E-state index contributed by atoms with van der Waals surface area (Å²) in [7, 11) is -3.31. The highest BCUT2D eigenvalue weighted by molar-refractivity contribution is 7.91. The van der Waals surface area contributed by atoms with Crippen LogP contribution in [0, 0.1) is 25.7 Å². The number of hydrogen-bond acceptors (Lipinski definition) is 4. The first-order valence-corrected chi connectivity index (χ1v) is 8.09. The Kier molecular flexibility index (Phi) is 2.59. The lowest BCUT2D eigenvalue weighted by Crippen LogP contribution is -2.32. The van der Waals surface area contributed by atoms with Crippen molar-refractivity contribution in [1.29, 1.82) is 0 Å². The predicted molar refractivity (Wildman–Crippen MR) is 67.8 cm³/mol. The third kappa shape index (κ3) is 1.93. The number of hydrogen-bond donors (Lipinski definition) is 2. The topological polar surface area (TPSA) is 58.2 Å². The molecule has 0 spiro atoms. The average Bonchev–Trinajstić information content (AvgIpc) is 2.68. The first-order chi connectivity index (χ1) is 7.99. The highest BCUT2D eigenvalue weighted by Crippen LogP contribution is 2.42. The molecule has 2 atom stereocenters. The predicted octanol–water partition coefficient (Wildman–Crippen LogP) is 0.861. The second kappa shape index (κ2) is 3.78. The lowest BCUT2D eigenvalue weighted by atomic mass is 10.4. The molecule has 2 aliphatic rings. The van der Waals surface area contributed by atoms with Gasteiger partial charge in [-0.25, -0.2) is 13.1 Å². The van der Waals surface area contributed by atoms with E-state index in [1.54, 1.807) is 0 Å². The molecule has 1 aromatic rings. The van der Waals surface area contributed by atoms with Gasteiger partial charge in [-0.05, 0) is 50.4 Å². The maximum Gasteiger partial charge on any atom is 0.250 e. The van der Waals surface area contributed by atoms with Crippen molar-refractivity contribution in [1.82, 2.24) is 10.0 Å². The normalized spacial score (nSPS) is 31.5. The molecule has 94 valence electrons. The van der Waals surface area contributed by atoms with Crippen molar-refractivity contribution in [2.45, 2.75) is 24.1 Å². The molecule has 4 nitrogen and oxygen atoms in total. The fourth-order valence-corrected chi connectivity index (χ4v) is 5.74. The summed E-state index contributed by atoms with van der Waals surface area (Å²) in [4.78, 5) is 1.04. The molecule has 2 fully saturated rings. The number of sulfonamides is 1. The van der Waals surface area contributed by atoms with Gasteiger partial charge in [-0.1, -0.05) is 0 Å². The van der Waals surface area contributed by atoms with Crippen molar-refractivity contribution < 1.29 is 8.42 Å². The molecule has 0 amide bonds. The molecule has 1 aromatic heterocycles. The highest BCUT2D eigenvalue weighted by atomic mass is 32.2. The van der Waals surface area contributed by atoms with E-state index in [0.29, 0.717) is 16.0 Å². The van der Waals surface area contributed by atoms with Crippen LogP contribution in [0.15, 0.2) is 10.3 Å². The zero-order valence-corrected chi connectivity index (χ0v) is 11.5. The molecule has 1 saturated carbocycles. The summed E-state index contributed by atoms with van der Waals surface area (Å²) in [5.41, 5.74) is 0.851. The van der Waals surface area contributed by atoms with E-state index in [0.717, 1.165) is 23.5 Å². The van der Waals surface area contributed by atoms with Gasteiger partial charge in [0.2, 0.25) is 0 Å². The number of thiophene rings is 1. The molecular weight excluding hydrogens is 256 g/mol. The SMILES string of the molecule is Cc1cc(C)c(S(=O)(=O)NC2C3CNCC32)s1. The van der Waals surface area contributed by atoms with Crippen molar-refractivity contribution in [3.05, 3.63) is 16.5 Å². The Labute approximate surface area is 105 Å². The van der Waals surface area contributed by atoms with Gasteiger partial charge in [0.05, 0.1) is 0 Å². The minimum absolute atomic E-state index is 0.156. The number of fused-ring (bicyclic) bond motifs is 1. The van der Waals surface area contributed by atoms with Gasteiger partial charge < -0.3 is 5.32 Å². The second-order valence-corrected chi connectivity index (χ2v) is 8.13. The molecule has 6 heteroatoms. The fraction of sp³-hybridized carbons (Fsp3) is 0.636. The van der Waals surface area contributed by atoms with Gasteiger partial charge in [0, 0.05) is 10.9 Å². The standard InChI is InChI=1S/C11H16N2O2S2/c1-6-3-7(2)16-11(6)17(14,15)13-10-8-4-12-5-9(8)10/h3,8-10,12-13H,4-5H2,1-2H3. The third-order valence-corrected chi connectivity index (χ3v) is 6.87. The van der Waals surface area contributed by atoms with Gasteiger partial charge >= 0.3 is 0 Å². The minimum atomic E-state index is -3.31. The van der Waals surface area contributed by atoms with Gasteiger partial charge in [0.1, 0.15) is 4.21 Å². The molecule has 1 saturated heterocycles. The van der Waals surface area contributed by atoms with Gasteiger partial charge in [0.15, 0.2) is 0 Å². The monoisotopic (exact) mass is 272 g/mol. The lowest BCUT2D eigenvalue weighted by Gasteiger charge is -2.08. The average molecular weight is 272 g/mol. The molecule has 0 aromatic carbocycles. The lowest BCUT2D eigenvalue weighted by molar-refractivity contribution is 0.567. The van der Waals surface area contributed by atoms with E-state index in [2.05, 4.69) is 10.0 Å². The maximum absolute atomic E-state index is 12.2. The largest absolute Gasteiger partial charge is 0.316 e. The summed E-state index contributed by atoms with van der Waals surface area (Å²) in [6, 6.07) is 2.08. The Morgan fingerprint density at radius 3 is 2.53 bits per heavy atom.